The average Bonchev–Trinajstić information content (AvgIpc) is 3.10. The number of rotatable bonds is 5. The zero-order valence-corrected chi connectivity index (χ0v) is 11.9. The molecule has 2 aromatic heterocycles. The van der Waals surface area contributed by atoms with Crippen LogP contribution in [0.1, 0.15) is 12.8 Å². The van der Waals surface area contributed by atoms with Gasteiger partial charge in [0, 0.05) is 17.6 Å². The second-order valence-corrected chi connectivity index (χ2v) is 6.01. The molecule has 1 fully saturated rings. The maximum Gasteiger partial charge on any atom is 0.239 e. The second kappa shape index (κ2) is 5.35. The summed E-state index contributed by atoms with van der Waals surface area (Å²) in [5.41, 5.74) is 0.859. The molecule has 1 aliphatic rings. The Bertz CT molecular complexity index is 609. The summed E-state index contributed by atoms with van der Waals surface area (Å²) < 4.78 is 0. The summed E-state index contributed by atoms with van der Waals surface area (Å²) in [6.45, 7) is 1.06. The number of thiophene rings is 1. The Kier molecular flexibility index (Phi) is 3.57. The summed E-state index contributed by atoms with van der Waals surface area (Å²) >= 11 is 7.50. The molecule has 0 atom stereocenters. The van der Waals surface area contributed by atoms with Gasteiger partial charge >= 0.3 is 0 Å². The largest absolute Gasteiger partial charge is 0.375 e. The van der Waals surface area contributed by atoms with Crippen LogP contribution in [0.3, 0.4) is 0 Å². The van der Waals surface area contributed by atoms with Crippen molar-refractivity contribution in [1.29, 1.82) is 0 Å². The number of amides is 1. The second-order valence-electron chi connectivity index (χ2n) is 4.73. The van der Waals surface area contributed by atoms with Gasteiger partial charge in [-0.05, 0) is 36.3 Å². The predicted molar refractivity (Wildman–Crippen MR) is 78.9 cm³/mol. The van der Waals surface area contributed by atoms with Crippen molar-refractivity contribution >= 4 is 44.7 Å². The van der Waals surface area contributed by atoms with Crippen LogP contribution in [-0.4, -0.2) is 24.0 Å². The van der Waals surface area contributed by atoms with Crippen molar-refractivity contribution in [2.45, 2.75) is 12.8 Å². The van der Waals surface area contributed by atoms with Gasteiger partial charge in [0.25, 0.3) is 0 Å². The van der Waals surface area contributed by atoms with E-state index in [9.17, 15) is 4.79 Å². The van der Waals surface area contributed by atoms with Gasteiger partial charge in [0.2, 0.25) is 5.91 Å². The highest BCUT2D eigenvalue weighted by Gasteiger charge is 2.21. The molecule has 1 saturated carbocycles. The number of pyridine rings is 1. The molecule has 0 spiro atoms. The number of hydrogen-bond donors (Lipinski definition) is 2. The highest BCUT2D eigenvalue weighted by molar-refractivity contribution is 7.16. The molecule has 3 rings (SSSR count). The monoisotopic (exact) mass is 295 g/mol. The number of carbonyl (C=O) groups excluding carboxylic acids is 1. The van der Waals surface area contributed by atoms with Crippen LogP contribution in [0.4, 0.5) is 5.69 Å². The zero-order valence-electron chi connectivity index (χ0n) is 10.3. The van der Waals surface area contributed by atoms with Crippen LogP contribution in [0.5, 0.6) is 0 Å². The Balaban J connectivity index is 1.63. The molecule has 4 nitrogen and oxygen atoms in total. The van der Waals surface area contributed by atoms with Gasteiger partial charge < -0.3 is 10.6 Å². The van der Waals surface area contributed by atoms with Crippen LogP contribution >= 0.6 is 22.9 Å². The number of halogens is 1. The first-order chi connectivity index (χ1) is 9.22. The molecule has 0 aliphatic heterocycles. The minimum atomic E-state index is 0.0169. The molecule has 1 amide bonds. The van der Waals surface area contributed by atoms with Crippen molar-refractivity contribution in [2.24, 2.45) is 5.92 Å². The van der Waals surface area contributed by atoms with E-state index in [-0.39, 0.29) is 12.5 Å². The molecule has 19 heavy (non-hydrogen) atoms. The fraction of sp³-hybridized carbons (Fsp3) is 0.385. The van der Waals surface area contributed by atoms with Crippen LogP contribution in [0, 0.1) is 5.92 Å². The molecular formula is C13H14ClN3OS. The molecule has 1 aliphatic carbocycles. The first kappa shape index (κ1) is 12.7. The minimum Gasteiger partial charge on any atom is -0.375 e. The lowest BCUT2D eigenvalue weighted by Gasteiger charge is -2.08. The molecular weight excluding hydrogens is 282 g/mol. The average molecular weight is 296 g/mol. The van der Waals surface area contributed by atoms with Crippen molar-refractivity contribution < 1.29 is 4.79 Å². The summed E-state index contributed by atoms with van der Waals surface area (Å²) in [5.74, 6) is 0.714. The SMILES string of the molecule is O=C(CNc1cc(Cl)nc2sccc12)NCC1CC1. The van der Waals surface area contributed by atoms with E-state index in [0.717, 1.165) is 22.4 Å². The molecule has 0 saturated heterocycles. The Labute approximate surface area is 120 Å². The van der Waals surface area contributed by atoms with Crippen molar-refractivity contribution in [3.05, 3.63) is 22.7 Å². The first-order valence-electron chi connectivity index (χ1n) is 6.26. The van der Waals surface area contributed by atoms with Crippen LogP contribution < -0.4 is 10.6 Å². The fourth-order valence-electron chi connectivity index (χ4n) is 1.88. The van der Waals surface area contributed by atoms with Crippen LogP contribution in [0.2, 0.25) is 5.15 Å². The maximum absolute atomic E-state index is 11.7. The number of carbonyl (C=O) groups is 1. The molecule has 100 valence electrons. The molecule has 0 bridgehead atoms. The van der Waals surface area contributed by atoms with Gasteiger partial charge in [-0.1, -0.05) is 11.6 Å². The van der Waals surface area contributed by atoms with E-state index in [2.05, 4.69) is 15.6 Å². The van der Waals surface area contributed by atoms with E-state index in [1.165, 1.54) is 24.2 Å². The van der Waals surface area contributed by atoms with Gasteiger partial charge in [-0.25, -0.2) is 4.98 Å². The number of hydrogen-bond acceptors (Lipinski definition) is 4. The third kappa shape index (κ3) is 3.16. The van der Waals surface area contributed by atoms with Gasteiger partial charge in [0.15, 0.2) is 0 Å². The summed E-state index contributed by atoms with van der Waals surface area (Å²) in [7, 11) is 0. The van der Waals surface area contributed by atoms with Crippen molar-refractivity contribution in [3.63, 3.8) is 0 Å². The van der Waals surface area contributed by atoms with E-state index in [1.54, 1.807) is 6.07 Å². The fourth-order valence-corrected chi connectivity index (χ4v) is 2.92. The Morgan fingerprint density at radius 1 is 1.53 bits per heavy atom. The molecule has 0 radical (unpaired) electrons. The van der Waals surface area contributed by atoms with Crippen LogP contribution in [-0.2, 0) is 4.79 Å². The van der Waals surface area contributed by atoms with E-state index >= 15 is 0 Å². The maximum atomic E-state index is 11.7. The van der Waals surface area contributed by atoms with Crippen LogP contribution in [0.15, 0.2) is 17.5 Å². The van der Waals surface area contributed by atoms with Gasteiger partial charge in [-0.2, -0.15) is 0 Å². The van der Waals surface area contributed by atoms with E-state index < -0.39 is 0 Å². The lowest BCUT2D eigenvalue weighted by Crippen LogP contribution is -2.31. The number of aromatic nitrogens is 1. The number of anilines is 1. The zero-order chi connectivity index (χ0) is 13.2. The highest BCUT2D eigenvalue weighted by Crippen LogP contribution is 2.29. The minimum absolute atomic E-state index is 0.0169. The normalized spacial score (nSPS) is 14.6. The molecule has 0 aromatic carbocycles. The lowest BCUT2D eigenvalue weighted by atomic mass is 10.3. The molecule has 2 aromatic rings. The smallest absolute Gasteiger partial charge is 0.239 e. The Morgan fingerprint density at radius 2 is 2.37 bits per heavy atom. The van der Waals surface area contributed by atoms with Crippen LogP contribution in [0.25, 0.3) is 10.2 Å². The van der Waals surface area contributed by atoms with Gasteiger partial charge in [-0.3, -0.25) is 4.79 Å². The number of nitrogens with one attached hydrogen (secondary N) is 2. The van der Waals surface area contributed by atoms with E-state index in [0.29, 0.717) is 11.1 Å². The predicted octanol–water partition coefficient (Wildman–Crippen LogP) is 2.89. The first-order valence-corrected chi connectivity index (χ1v) is 7.52. The summed E-state index contributed by atoms with van der Waals surface area (Å²) in [4.78, 5) is 16.8. The quantitative estimate of drug-likeness (QED) is 0.834. The Morgan fingerprint density at radius 3 is 3.16 bits per heavy atom. The molecule has 0 unspecified atom stereocenters. The van der Waals surface area contributed by atoms with Gasteiger partial charge in [0.05, 0.1) is 6.54 Å². The van der Waals surface area contributed by atoms with Gasteiger partial charge in [-0.15, -0.1) is 11.3 Å². The molecule has 6 heteroatoms. The summed E-state index contributed by atoms with van der Waals surface area (Å²) in [5, 5.41) is 9.46. The third-order valence-corrected chi connectivity index (χ3v) is 4.13. The molecule has 2 heterocycles. The van der Waals surface area contributed by atoms with Crippen molar-refractivity contribution in [2.75, 3.05) is 18.4 Å². The van der Waals surface area contributed by atoms with Crippen molar-refractivity contribution in [1.82, 2.24) is 10.3 Å². The Hall–Kier alpha value is -1.33. The highest BCUT2D eigenvalue weighted by atomic mass is 35.5. The summed E-state index contributed by atoms with van der Waals surface area (Å²) in [6.07, 6.45) is 2.48. The standard InChI is InChI=1S/C13H14ClN3OS/c14-11-5-10(9-3-4-19-13(9)17-11)15-7-12(18)16-6-8-1-2-8/h3-5,8H,1-2,6-7H2,(H,15,17)(H,16,18). The lowest BCUT2D eigenvalue weighted by molar-refractivity contribution is -0.119. The molecule has 2 N–H and O–H groups in total. The van der Waals surface area contributed by atoms with Crippen molar-refractivity contribution in [3.8, 4) is 0 Å². The third-order valence-electron chi connectivity index (χ3n) is 3.13. The van der Waals surface area contributed by atoms with E-state index in [4.69, 9.17) is 11.6 Å². The number of nitrogens with zero attached hydrogens (tertiary/aromatic N) is 1. The summed E-state index contributed by atoms with van der Waals surface area (Å²) in [6, 6.07) is 3.73. The topological polar surface area (TPSA) is 54.0 Å². The number of fused-ring (bicyclic) bond motifs is 1. The van der Waals surface area contributed by atoms with E-state index in [1.807, 2.05) is 11.4 Å². The van der Waals surface area contributed by atoms with Gasteiger partial charge in [0.1, 0.15) is 9.98 Å².